The lowest BCUT2D eigenvalue weighted by Gasteiger charge is -2.18. The number of anilines is 3. The largest absolute Gasteiger partial charge is 0.398 e. The summed E-state index contributed by atoms with van der Waals surface area (Å²) in [6, 6.07) is 4.84. The molecule has 3 rings (SSSR count). The zero-order valence-electron chi connectivity index (χ0n) is 11.0. The van der Waals surface area contributed by atoms with E-state index in [1.54, 1.807) is 6.07 Å². The van der Waals surface area contributed by atoms with Gasteiger partial charge in [0, 0.05) is 28.8 Å². The van der Waals surface area contributed by atoms with Crippen LogP contribution in [0.15, 0.2) is 33.0 Å². The molecule has 8 heteroatoms. The van der Waals surface area contributed by atoms with E-state index >= 15 is 0 Å². The third-order valence-electron chi connectivity index (χ3n) is 3.08. The Morgan fingerprint density at radius 3 is 2.71 bits per heavy atom. The fourth-order valence-corrected chi connectivity index (χ4v) is 3.01. The number of aromatic amines is 1. The highest BCUT2D eigenvalue weighted by Crippen LogP contribution is 2.35. The first kappa shape index (κ1) is 13.5. The molecule has 7 nitrogen and oxygen atoms in total. The molecule has 0 saturated carbocycles. The molecule has 21 heavy (non-hydrogen) atoms. The van der Waals surface area contributed by atoms with Gasteiger partial charge in [-0.05, 0) is 35.9 Å². The van der Waals surface area contributed by atoms with Crippen LogP contribution in [-0.2, 0) is 11.2 Å². The standard InChI is InChI=1S/C13H13N5O2S/c14-7-4-8-6(1-2-11(19)16-8)3-9(7)21-13-17-10(15)5-12(20)18-13/h3-5H,1-2,14H2,(H,16,19)(H3,15,17,18,20). The van der Waals surface area contributed by atoms with E-state index in [2.05, 4.69) is 15.3 Å². The minimum Gasteiger partial charge on any atom is -0.398 e. The van der Waals surface area contributed by atoms with Gasteiger partial charge in [0.05, 0.1) is 0 Å². The molecule has 0 aliphatic carbocycles. The summed E-state index contributed by atoms with van der Waals surface area (Å²) in [7, 11) is 0. The maximum atomic E-state index is 11.4. The second kappa shape index (κ2) is 5.13. The number of nitrogen functional groups attached to an aromatic ring is 2. The molecule has 1 aromatic heterocycles. The van der Waals surface area contributed by atoms with E-state index in [1.807, 2.05) is 6.07 Å². The first-order chi connectivity index (χ1) is 10.0. The number of hydrogen-bond acceptors (Lipinski definition) is 6. The molecule has 0 spiro atoms. The summed E-state index contributed by atoms with van der Waals surface area (Å²) in [5, 5.41) is 3.17. The van der Waals surface area contributed by atoms with Crippen LogP contribution in [0.25, 0.3) is 0 Å². The number of hydrogen-bond donors (Lipinski definition) is 4. The zero-order chi connectivity index (χ0) is 15.0. The zero-order valence-corrected chi connectivity index (χ0v) is 11.8. The molecule has 108 valence electrons. The lowest BCUT2D eigenvalue weighted by Crippen LogP contribution is -2.19. The van der Waals surface area contributed by atoms with Gasteiger partial charge in [0.2, 0.25) is 5.91 Å². The van der Waals surface area contributed by atoms with Crippen LogP contribution in [0.4, 0.5) is 17.2 Å². The third kappa shape index (κ3) is 2.84. The number of nitrogens with one attached hydrogen (secondary N) is 2. The number of aryl methyl sites for hydroxylation is 1. The van der Waals surface area contributed by atoms with E-state index in [0.717, 1.165) is 16.1 Å². The number of H-pyrrole nitrogens is 1. The first-order valence-corrected chi connectivity index (χ1v) is 7.10. The molecule has 1 aliphatic rings. The van der Waals surface area contributed by atoms with Crippen molar-refractivity contribution in [1.29, 1.82) is 0 Å². The Morgan fingerprint density at radius 1 is 1.14 bits per heavy atom. The van der Waals surface area contributed by atoms with E-state index < -0.39 is 0 Å². The summed E-state index contributed by atoms with van der Waals surface area (Å²) in [6.45, 7) is 0. The molecule has 1 aromatic carbocycles. The van der Waals surface area contributed by atoms with Crippen LogP contribution >= 0.6 is 11.8 Å². The molecule has 2 heterocycles. The van der Waals surface area contributed by atoms with Gasteiger partial charge in [0.1, 0.15) is 5.82 Å². The molecular formula is C13H13N5O2S. The summed E-state index contributed by atoms with van der Waals surface area (Å²) in [6.07, 6.45) is 1.12. The van der Waals surface area contributed by atoms with Gasteiger partial charge < -0.3 is 21.8 Å². The number of fused-ring (bicyclic) bond motifs is 1. The lowest BCUT2D eigenvalue weighted by molar-refractivity contribution is -0.116. The first-order valence-electron chi connectivity index (χ1n) is 6.28. The normalized spacial score (nSPS) is 13.6. The highest BCUT2D eigenvalue weighted by Gasteiger charge is 2.17. The fraction of sp³-hybridized carbons (Fsp3) is 0.154. The van der Waals surface area contributed by atoms with Gasteiger partial charge in [-0.3, -0.25) is 9.59 Å². The van der Waals surface area contributed by atoms with Crippen molar-refractivity contribution in [1.82, 2.24) is 9.97 Å². The fourth-order valence-electron chi connectivity index (χ4n) is 2.12. The van der Waals surface area contributed by atoms with Crippen molar-refractivity contribution in [2.45, 2.75) is 22.9 Å². The molecule has 0 fully saturated rings. The molecule has 1 aliphatic heterocycles. The van der Waals surface area contributed by atoms with Crippen LogP contribution in [0.3, 0.4) is 0 Å². The second-order valence-corrected chi connectivity index (χ2v) is 5.70. The quantitative estimate of drug-likeness (QED) is 0.483. The molecule has 0 atom stereocenters. The van der Waals surface area contributed by atoms with Crippen molar-refractivity contribution in [2.75, 3.05) is 16.8 Å². The van der Waals surface area contributed by atoms with Gasteiger partial charge in [0.15, 0.2) is 5.16 Å². The molecule has 0 bridgehead atoms. The van der Waals surface area contributed by atoms with Crippen LogP contribution in [0, 0.1) is 0 Å². The molecule has 0 saturated heterocycles. The van der Waals surface area contributed by atoms with Crippen LogP contribution < -0.4 is 22.3 Å². The number of benzene rings is 1. The van der Waals surface area contributed by atoms with Crippen molar-refractivity contribution >= 4 is 34.9 Å². The SMILES string of the molecule is Nc1cc(=O)[nH]c(Sc2cc3c(cc2N)NC(=O)CC3)n1. The van der Waals surface area contributed by atoms with Crippen LogP contribution in [0.5, 0.6) is 0 Å². The highest BCUT2D eigenvalue weighted by molar-refractivity contribution is 7.99. The Kier molecular flexibility index (Phi) is 3.30. The monoisotopic (exact) mass is 303 g/mol. The Hall–Kier alpha value is -2.48. The minimum atomic E-state index is -0.311. The summed E-state index contributed by atoms with van der Waals surface area (Å²) < 4.78 is 0. The van der Waals surface area contributed by atoms with Gasteiger partial charge in [-0.25, -0.2) is 4.98 Å². The average molecular weight is 303 g/mol. The third-order valence-corrected chi connectivity index (χ3v) is 4.04. The maximum Gasteiger partial charge on any atom is 0.253 e. The Labute approximate surface area is 124 Å². The smallest absolute Gasteiger partial charge is 0.253 e. The number of rotatable bonds is 2. The maximum absolute atomic E-state index is 11.4. The van der Waals surface area contributed by atoms with Crippen molar-refractivity contribution < 1.29 is 4.79 Å². The Balaban J connectivity index is 1.96. The number of nitrogens with two attached hydrogens (primary N) is 2. The average Bonchev–Trinajstić information content (AvgIpc) is 2.38. The molecular weight excluding hydrogens is 290 g/mol. The van der Waals surface area contributed by atoms with E-state index in [0.29, 0.717) is 23.7 Å². The van der Waals surface area contributed by atoms with Gasteiger partial charge in [-0.1, -0.05) is 0 Å². The van der Waals surface area contributed by atoms with Crippen molar-refractivity contribution in [2.24, 2.45) is 0 Å². The summed E-state index contributed by atoms with van der Waals surface area (Å²) in [4.78, 5) is 30.2. The van der Waals surface area contributed by atoms with Crippen LogP contribution in [0.2, 0.25) is 0 Å². The van der Waals surface area contributed by atoms with E-state index in [-0.39, 0.29) is 17.3 Å². The van der Waals surface area contributed by atoms with Gasteiger partial charge in [-0.2, -0.15) is 0 Å². The van der Waals surface area contributed by atoms with E-state index in [9.17, 15) is 9.59 Å². The number of amides is 1. The van der Waals surface area contributed by atoms with E-state index in [1.165, 1.54) is 17.8 Å². The Bertz CT molecular complexity index is 787. The minimum absolute atomic E-state index is 0.0101. The summed E-state index contributed by atoms with van der Waals surface area (Å²) in [5.41, 5.74) is 13.5. The topological polar surface area (TPSA) is 127 Å². The summed E-state index contributed by atoms with van der Waals surface area (Å²) >= 11 is 1.23. The molecule has 6 N–H and O–H groups in total. The number of aromatic nitrogens is 2. The van der Waals surface area contributed by atoms with Crippen molar-refractivity contribution in [3.05, 3.63) is 34.1 Å². The molecule has 0 unspecified atom stereocenters. The van der Waals surface area contributed by atoms with Crippen LogP contribution in [0.1, 0.15) is 12.0 Å². The predicted octanol–water partition coefficient (Wildman–Crippen LogP) is 0.970. The molecule has 1 amide bonds. The highest BCUT2D eigenvalue weighted by atomic mass is 32.2. The van der Waals surface area contributed by atoms with Gasteiger partial charge >= 0.3 is 0 Å². The number of nitrogens with zero attached hydrogens (tertiary/aromatic N) is 1. The predicted molar refractivity (Wildman–Crippen MR) is 81.2 cm³/mol. The van der Waals surface area contributed by atoms with E-state index in [4.69, 9.17) is 11.5 Å². The number of carbonyl (C=O) groups is 1. The number of carbonyl (C=O) groups excluding carboxylic acids is 1. The molecule has 0 radical (unpaired) electrons. The van der Waals surface area contributed by atoms with Gasteiger partial charge in [-0.15, -0.1) is 0 Å². The lowest BCUT2D eigenvalue weighted by atomic mass is 10.0. The van der Waals surface area contributed by atoms with Crippen LogP contribution in [-0.4, -0.2) is 15.9 Å². The second-order valence-electron chi connectivity index (χ2n) is 4.67. The van der Waals surface area contributed by atoms with Crippen molar-refractivity contribution in [3.8, 4) is 0 Å². The Morgan fingerprint density at radius 2 is 1.95 bits per heavy atom. The van der Waals surface area contributed by atoms with Crippen molar-refractivity contribution in [3.63, 3.8) is 0 Å². The molecule has 2 aromatic rings. The summed E-state index contributed by atoms with van der Waals surface area (Å²) in [5.74, 6) is 0.147. The van der Waals surface area contributed by atoms with Gasteiger partial charge in [0.25, 0.3) is 5.56 Å².